The number of halogens is 1. The summed E-state index contributed by atoms with van der Waals surface area (Å²) in [5, 5.41) is 8.23. The van der Waals surface area contributed by atoms with Crippen molar-refractivity contribution in [3.8, 4) is 16.9 Å². The van der Waals surface area contributed by atoms with Gasteiger partial charge in [-0.3, -0.25) is 0 Å². The van der Waals surface area contributed by atoms with E-state index in [1.165, 1.54) is 12.1 Å². The summed E-state index contributed by atoms with van der Waals surface area (Å²) in [6.45, 7) is 2.39. The van der Waals surface area contributed by atoms with Crippen LogP contribution in [0.3, 0.4) is 0 Å². The van der Waals surface area contributed by atoms with Gasteiger partial charge < -0.3 is 10.1 Å². The molecule has 3 aromatic rings. The fourth-order valence-corrected chi connectivity index (χ4v) is 3.28. The van der Waals surface area contributed by atoms with Crippen LogP contribution < -0.4 is 5.32 Å². The predicted molar refractivity (Wildman–Crippen MR) is 99.6 cm³/mol. The smallest absolute Gasteiger partial charge is 0.123 e. The summed E-state index contributed by atoms with van der Waals surface area (Å²) in [6.07, 6.45) is 4.59. The van der Waals surface area contributed by atoms with Gasteiger partial charge in [0.2, 0.25) is 0 Å². The van der Waals surface area contributed by atoms with Crippen LogP contribution in [0.1, 0.15) is 18.4 Å². The highest BCUT2D eigenvalue weighted by molar-refractivity contribution is 5.63. The van der Waals surface area contributed by atoms with Crippen molar-refractivity contribution >= 4 is 0 Å². The van der Waals surface area contributed by atoms with E-state index in [0.717, 1.165) is 48.5 Å². The van der Waals surface area contributed by atoms with Crippen molar-refractivity contribution in [2.75, 3.05) is 13.2 Å². The van der Waals surface area contributed by atoms with Crippen LogP contribution in [0.2, 0.25) is 0 Å². The lowest BCUT2D eigenvalue weighted by molar-refractivity contribution is 0.110. The zero-order chi connectivity index (χ0) is 17.8. The van der Waals surface area contributed by atoms with Crippen molar-refractivity contribution in [3.05, 3.63) is 72.2 Å². The quantitative estimate of drug-likeness (QED) is 0.731. The lowest BCUT2D eigenvalue weighted by Gasteiger charge is -2.10. The molecular weight excluding hydrogens is 329 g/mol. The van der Waals surface area contributed by atoms with Gasteiger partial charge in [-0.1, -0.05) is 18.2 Å². The topological polar surface area (TPSA) is 39.1 Å². The van der Waals surface area contributed by atoms with Gasteiger partial charge in [-0.05, 0) is 49.2 Å². The first-order chi connectivity index (χ1) is 12.8. The normalized spacial score (nSPS) is 16.9. The summed E-state index contributed by atoms with van der Waals surface area (Å²) in [6, 6.07) is 16.5. The Kier molecular flexibility index (Phi) is 5.09. The van der Waals surface area contributed by atoms with E-state index >= 15 is 0 Å². The Morgan fingerprint density at radius 3 is 2.65 bits per heavy atom. The molecule has 0 saturated carbocycles. The highest BCUT2D eigenvalue weighted by Gasteiger charge is 2.16. The van der Waals surface area contributed by atoms with E-state index in [2.05, 4.69) is 5.32 Å². The second-order valence-electron chi connectivity index (χ2n) is 6.56. The van der Waals surface area contributed by atoms with Crippen molar-refractivity contribution < 1.29 is 9.13 Å². The molecule has 1 aromatic heterocycles. The van der Waals surface area contributed by atoms with Crippen LogP contribution in [0.25, 0.3) is 16.9 Å². The van der Waals surface area contributed by atoms with Gasteiger partial charge in [-0.15, -0.1) is 0 Å². The fraction of sp³-hybridized carbons (Fsp3) is 0.286. The van der Waals surface area contributed by atoms with Crippen molar-refractivity contribution in [2.24, 2.45) is 0 Å². The van der Waals surface area contributed by atoms with E-state index < -0.39 is 0 Å². The number of hydrogen-bond acceptors (Lipinski definition) is 3. The number of nitrogens with one attached hydrogen (secondary N) is 1. The number of aromatic nitrogens is 2. The second kappa shape index (κ2) is 7.81. The van der Waals surface area contributed by atoms with Crippen LogP contribution in [0, 0.1) is 5.82 Å². The Labute approximate surface area is 152 Å². The predicted octanol–water partition coefficient (Wildman–Crippen LogP) is 3.95. The van der Waals surface area contributed by atoms with Gasteiger partial charge in [0.1, 0.15) is 5.82 Å². The number of ether oxygens (including phenoxy) is 1. The van der Waals surface area contributed by atoms with Crippen LogP contribution in [0.15, 0.2) is 60.8 Å². The standard InChI is InChI=1S/C21H22FN3O/c22-18-10-8-16(9-11-18)21-17(13-23-14-20-7-4-12-26-20)15-25(24-21)19-5-2-1-3-6-19/h1-3,5-6,8-11,15,20,23H,4,7,12-14H2/t20-/m1/s1. The van der Waals surface area contributed by atoms with E-state index in [1.54, 1.807) is 12.1 Å². The largest absolute Gasteiger partial charge is 0.377 e. The van der Waals surface area contributed by atoms with Gasteiger partial charge in [0.25, 0.3) is 0 Å². The molecule has 4 nitrogen and oxygen atoms in total. The third-order valence-electron chi connectivity index (χ3n) is 4.64. The monoisotopic (exact) mass is 351 g/mol. The third-order valence-corrected chi connectivity index (χ3v) is 4.64. The number of hydrogen-bond donors (Lipinski definition) is 1. The summed E-state index contributed by atoms with van der Waals surface area (Å²) in [5.74, 6) is -0.241. The number of rotatable bonds is 6. The third kappa shape index (κ3) is 3.84. The van der Waals surface area contributed by atoms with Crippen LogP contribution in [-0.4, -0.2) is 29.0 Å². The zero-order valence-corrected chi connectivity index (χ0v) is 14.6. The first-order valence-electron chi connectivity index (χ1n) is 9.02. The van der Waals surface area contributed by atoms with Gasteiger partial charge in [-0.2, -0.15) is 5.10 Å². The summed E-state index contributed by atoms with van der Waals surface area (Å²) < 4.78 is 20.8. The Morgan fingerprint density at radius 1 is 1.12 bits per heavy atom. The molecule has 0 amide bonds. The molecule has 2 heterocycles. The average molecular weight is 351 g/mol. The highest BCUT2D eigenvalue weighted by Crippen LogP contribution is 2.24. The molecule has 1 saturated heterocycles. The van der Waals surface area contributed by atoms with Crippen LogP contribution in [-0.2, 0) is 11.3 Å². The van der Waals surface area contributed by atoms with Crippen molar-refractivity contribution in [1.29, 1.82) is 0 Å². The molecule has 0 unspecified atom stereocenters. The van der Waals surface area contributed by atoms with E-state index in [1.807, 2.05) is 41.2 Å². The minimum absolute atomic E-state index is 0.241. The van der Waals surface area contributed by atoms with Crippen molar-refractivity contribution in [2.45, 2.75) is 25.5 Å². The van der Waals surface area contributed by atoms with Crippen LogP contribution in [0.4, 0.5) is 4.39 Å². The second-order valence-corrected chi connectivity index (χ2v) is 6.56. The SMILES string of the molecule is Fc1ccc(-c2nn(-c3ccccc3)cc2CNC[C@H]2CCCO2)cc1. The molecule has 1 aliphatic rings. The Balaban J connectivity index is 1.59. The number of para-hydroxylation sites is 1. The van der Waals surface area contributed by atoms with Gasteiger partial charge >= 0.3 is 0 Å². The molecule has 1 atom stereocenters. The summed E-state index contributed by atoms with van der Waals surface area (Å²) >= 11 is 0. The maximum atomic E-state index is 13.3. The maximum Gasteiger partial charge on any atom is 0.123 e. The fourth-order valence-electron chi connectivity index (χ4n) is 3.28. The molecular formula is C21H22FN3O. The minimum atomic E-state index is -0.241. The molecule has 0 spiro atoms. The first-order valence-corrected chi connectivity index (χ1v) is 9.02. The van der Waals surface area contributed by atoms with Gasteiger partial charge in [0, 0.05) is 37.0 Å². The van der Waals surface area contributed by atoms with Crippen LogP contribution >= 0.6 is 0 Å². The maximum absolute atomic E-state index is 13.3. The molecule has 0 aliphatic carbocycles. The lowest BCUT2D eigenvalue weighted by Crippen LogP contribution is -2.25. The zero-order valence-electron chi connectivity index (χ0n) is 14.6. The van der Waals surface area contributed by atoms with E-state index in [0.29, 0.717) is 12.6 Å². The van der Waals surface area contributed by atoms with Gasteiger partial charge in [0.15, 0.2) is 0 Å². The Bertz CT molecular complexity index is 839. The summed E-state index contributed by atoms with van der Waals surface area (Å²) in [7, 11) is 0. The Morgan fingerprint density at radius 2 is 1.92 bits per heavy atom. The lowest BCUT2D eigenvalue weighted by atomic mass is 10.1. The molecule has 4 rings (SSSR count). The minimum Gasteiger partial charge on any atom is -0.377 e. The van der Waals surface area contributed by atoms with E-state index in [4.69, 9.17) is 9.84 Å². The van der Waals surface area contributed by atoms with Gasteiger partial charge in [0.05, 0.1) is 17.5 Å². The van der Waals surface area contributed by atoms with Crippen LogP contribution in [0.5, 0.6) is 0 Å². The first kappa shape index (κ1) is 16.9. The number of nitrogens with zero attached hydrogens (tertiary/aromatic N) is 2. The molecule has 0 bridgehead atoms. The highest BCUT2D eigenvalue weighted by atomic mass is 19.1. The molecule has 5 heteroatoms. The molecule has 1 fully saturated rings. The summed E-state index contributed by atoms with van der Waals surface area (Å²) in [5.41, 5.74) is 3.86. The molecule has 2 aromatic carbocycles. The molecule has 134 valence electrons. The average Bonchev–Trinajstić information content (AvgIpc) is 3.33. The van der Waals surface area contributed by atoms with E-state index in [9.17, 15) is 4.39 Å². The van der Waals surface area contributed by atoms with Crippen molar-refractivity contribution in [3.63, 3.8) is 0 Å². The molecule has 1 N–H and O–H groups in total. The molecule has 26 heavy (non-hydrogen) atoms. The Hall–Kier alpha value is -2.50. The number of benzene rings is 2. The molecule has 1 aliphatic heterocycles. The van der Waals surface area contributed by atoms with E-state index in [-0.39, 0.29) is 5.82 Å². The molecule has 0 radical (unpaired) electrons. The van der Waals surface area contributed by atoms with Crippen molar-refractivity contribution in [1.82, 2.24) is 15.1 Å². The van der Waals surface area contributed by atoms with Gasteiger partial charge in [-0.25, -0.2) is 9.07 Å². The summed E-state index contributed by atoms with van der Waals surface area (Å²) in [4.78, 5) is 0.